The number of methoxy groups -OCH3 is 6. The van der Waals surface area contributed by atoms with Gasteiger partial charge in [-0.1, -0.05) is 0 Å². The molecule has 0 radical (unpaired) electrons. The summed E-state index contributed by atoms with van der Waals surface area (Å²) in [6, 6.07) is 15.6. The van der Waals surface area contributed by atoms with E-state index >= 15 is 0 Å². The second-order valence-electron chi connectivity index (χ2n) is 15.2. The third-order valence-corrected chi connectivity index (χ3v) is 13.0. The molecule has 0 aromatic heterocycles. The van der Waals surface area contributed by atoms with E-state index in [1.165, 1.54) is 0 Å². The molecule has 4 heterocycles. The van der Waals surface area contributed by atoms with Crippen LogP contribution in [-0.2, 0) is 19.1 Å². The van der Waals surface area contributed by atoms with Gasteiger partial charge in [-0.25, -0.2) is 0 Å². The third kappa shape index (κ3) is 5.15. The first-order valence-corrected chi connectivity index (χ1v) is 19.1. The molecule has 0 amide bonds. The summed E-state index contributed by atoms with van der Waals surface area (Å²) in [6.45, 7) is 0.460. The lowest BCUT2D eigenvalue weighted by molar-refractivity contribution is -0.142. The maximum absolute atomic E-state index is 14.3. The predicted octanol–water partition coefficient (Wildman–Crippen LogP) is 5.93. The molecule has 2 saturated heterocycles. The highest BCUT2D eigenvalue weighted by Gasteiger charge is 2.60. The van der Waals surface area contributed by atoms with Crippen LogP contribution >= 0.6 is 0 Å². The van der Waals surface area contributed by atoms with E-state index in [2.05, 4.69) is 0 Å². The van der Waals surface area contributed by atoms with Crippen molar-refractivity contribution < 1.29 is 66.4 Å². The van der Waals surface area contributed by atoms with E-state index in [0.717, 1.165) is 33.4 Å². The number of hydrogen-bond acceptors (Lipinski definition) is 14. The van der Waals surface area contributed by atoms with Gasteiger partial charge >= 0.3 is 11.9 Å². The topological polar surface area (TPSA) is 145 Å². The largest absolute Gasteiger partial charge is 0.493 e. The number of hydrogen-bond donors (Lipinski definition) is 0. The van der Waals surface area contributed by atoms with Gasteiger partial charge in [-0.3, -0.25) is 9.59 Å². The summed E-state index contributed by atoms with van der Waals surface area (Å²) < 4.78 is 70.6. The summed E-state index contributed by atoms with van der Waals surface area (Å²) in [5, 5.41) is 0. The Balaban J connectivity index is 1.22. The standard InChI is InChI=1S/C44H42O14/c1-47-31-7-19(8-32(48-2)41(31)51-5)35-21-11-27-29(57-17-55-27)13-23(21)37(25-15-53-43(45)39(25)35)38-24-14-30-28(56-18-58-30)12-22(24)36(40-26(38)16-54-44(40)46)20-9-33(49-3)42(52-6)34(10-20)50-4/h7-14,25-26,35-40H,15-18H2,1-6H3/t25-,26-,35-,36-,37-,38-,39+,40+/m1/s1. The molecule has 0 unspecified atom stereocenters. The Labute approximate surface area is 334 Å². The van der Waals surface area contributed by atoms with E-state index in [-0.39, 0.29) is 62.4 Å². The van der Waals surface area contributed by atoms with Gasteiger partial charge < -0.3 is 56.8 Å². The van der Waals surface area contributed by atoms with Crippen molar-refractivity contribution in [2.45, 2.75) is 23.7 Å². The molecule has 2 fully saturated rings. The molecule has 0 bridgehead atoms. The maximum atomic E-state index is 14.3. The Kier molecular flexibility index (Phi) is 8.57. The fourth-order valence-electron chi connectivity index (χ4n) is 10.7. The Morgan fingerprint density at radius 2 is 0.741 bits per heavy atom. The van der Waals surface area contributed by atoms with Gasteiger partial charge in [0.15, 0.2) is 46.0 Å². The molecule has 58 heavy (non-hydrogen) atoms. The molecule has 0 spiro atoms. The van der Waals surface area contributed by atoms with Gasteiger partial charge in [-0.05, 0) is 93.7 Å². The van der Waals surface area contributed by atoms with Gasteiger partial charge in [0.05, 0.1) is 67.7 Å². The van der Waals surface area contributed by atoms with Crippen molar-refractivity contribution >= 4 is 11.9 Å². The lowest BCUT2D eigenvalue weighted by Gasteiger charge is -2.48. The average molecular weight is 795 g/mol. The number of carbonyl (C=O) groups is 2. The normalized spacial score (nSPS) is 26.7. The third-order valence-electron chi connectivity index (χ3n) is 13.0. The Bertz CT molecular complexity index is 2140. The molecule has 10 rings (SSSR count). The average Bonchev–Trinajstić information content (AvgIpc) is 4.07. The van der Waals surface area contributed by atoms with Gasteiger partial charge in [-0.2, -0.15) is 0 Å². The maximum Gasteiger partial charge on any atom is 0.310 e. The lowest BCUT2D eigenvalue weighted by atomic mass is 9.52. The molecule has 14 nitrogen and oxygen atoms in total. The molecule has 4 aliphatic heterocycles. The summed E-state index contributed by atoms with van der Waals surface area (Å²) in [4.78, 5) is 28.5. The zero-order chi connectivity index (χ0) is 40.0. The van der Waals surface area contributed by atoms with Crippen LogP contribution in [0.3, 0.4) is 0 Å². The Morgan fingerprint density at radius 1 is 0.414 bits per heavy atom. The molecule has 4 aromatic rings. The van der Waals surface area contributed by atoms with Crippen LogP contribution in [-0.4, -0.2) is 81.4 Å². The van der Waals surface area contributed by atoms with E-state index in [1.807, 2.05) is 48.5 Å². The van der Waals surface area contributed by atoms with Crippen LogP contribution in [0, 0.1) is 23.7 Å². The highest BCUT2D eigenvalue weighted by molar-refractivity contribution is 5.81. The Morgan fingerprint density at radius 3 is 1.05 bits per heavy atom. The molecule has 302 valence electrons. The molecule has 0 N–H and O–H groups in total. The summed E-state index contributed by atoms with van der Waals surface area (Å²) in [7, 11) is 9.36. The summed E-state index contributed by atoms with van der Waals surface area (Å²) in [5.41, 5.74) is 5.24. The van der Waals surface area contributed by atoms with Crippen LogP contribution in [0.4, 0.5) is 0 Å². The van der Waals surface area contributed by atoms with Gasteiger partial charge in [0, 0.05) is 23.7 Å². The first kappa shape index (κ1) is 36.2. The van der Waals surface area contributed by atoms with Crippen LogP contribution < -0.4 is 47.4 Å². The van der Waals surface area contributed by atoms with E-state index in [9.17, 15) is 9.59 Å². The van der Waals surface area contributed by atoms with Crippen molar-refractivity contribution in [2.24, 2.45) is 23.7 Å². The van der Waals surface area contributed by atoms with Crippen LogP contribution in [0.1, 0.15) is 57.1 Å². The molecule has 0 saturated carbocycles. The number of rotatable bonds is 9. The minimum Gasteiger partial charge on any atom is -0.493 e. The quantitative estimate of drug-likeness (QED) is 0.185. The first-order valence-electron chi connectivity index (χ1n) is 19.1. The SMILES string of the molecule is COc1cc([C@@H]2c3cc4c(cc3[C@@H]([C@@H]3c5cc6c(cc5[C@@H](c5cc(OC)c(OC)c(OC)c5)[C@H]5C(=O)OC[C@@H]53)OCO6)[C@H]3COC(=O)[C@H]23)OCO4)cc(OC)c1OC. The minimum absolute atomic E-state index is 0.0614. The van der Waals surface area contributed by atoms with Crippen molar-refractivity contribution in [3.8, 4) is 57.5 Å². The molecule has 6 aliphatic rings. The second-order valence-corrected chi connectivity index (χ2v) is 15.2. The van der Waals surface area contributed by atoms with Crippen LogP contribution in [0.15, 0.2) is 48.5 Å². The van der Waals surface area contributed by atoms with E-state index < -0.39 is 23.7 Å². The zero-order valence-electron chi connectivity index (χ0n) is 32.8. The second kappa shape index (κ2) is 13.7. The number of ether oxygens (including phenoxy) is 12. The van der Waals surface area contributed by atoms with Crippen molar-refractivity contribution in [1.29, 1.82) is 0 Å². The van der Waals surface area contributed by atoms with E-state index in [0.29, 0.717) is 57.5 Å². The molecular formula is C44H42O14. The van der Waals surface area contributed by atoms with Crippen molar-refractivity contribution in [3.05, 3.63) is 81.9 Å². The number of benzene rings is 4. The number of esters is 2. The van der Waals surface area contributed by atoms with Crippen molar-refractivity contribution in [1.82, 2.24) is 0 Å². The predicted molar refractivity (Wildman–Crippen MR) is 202 cm³/mol. The van der Waals surface area contributed by atoms with Gasteiger partial charge in [0.25, 0.3) is 0 Å². The fraction of sp³-hybridized carbons (Fsp3) is 0.409. The molecule has 8 atom stereocenters. The van der Waals surface area contributed by atoms with Crippen molar-refractivity contribution in [3.63, 3.8) is 0 Å². The number of cyclic esters (lactones) is 2. The zero-order valence-corrected chi connectivity index (χ0v) is 32.8. The van der Waals surface area contributed by atoms with Gasteiger partial charge in [0.2, 0.25) is 25.1 Å². The van der Waals surface area contributed by atoms with Crippen molar-refractivity contribution in [2.75, 3.05) is 69.5 Å². The number of carbonyl (C=O) groups excluding carboxylic acids is 2. The molecule has 14 heteroatoms. The lowest BCUT2D eigenvalue weighted by Crippen LogP contribution is -2.43. The summed E-state index contributed by atoms with van der Waals surface area (Å²) in [5.74, 6) is 0.873. The van der Waals surface area contributed by atoms with Gasteiger partial charge in [0.1, 0.15) is 0 Å². The number of fused-ring (bicyclic) bond motifs is 6. The molecular weight excluding hydrogens is 752 g/mol. The monoisotopic (exact) mass is 794 g/mol. The Hall–Kier alpha value is -6.18. The smallest absolute Gasteiger partial charge is 0.310 e. The molecule has 4 aromatic carbocycles. The fourth-order valence-corrected chi connectivity index (χ4v) is 10.7. The van der Waals surface area contributed by atoms with E-state index in [1.54, 1.807) is 42.7 Å². The first-order chi connectivity index (χ1) is 28.3. The van der Waals surface area contributed by atoms with E-state index in [4.69, 9.17) is 56.8 Å². The highest BCUT2D eigenvalue weighted by atomic mass is 16.7. The van der Waals surface area contributed by atoms with Gasteiger partial charge in [-0.15, -0.1) is 0 Å². The van der Waals surface area contributed by atoms with Crippen LogP contribution in [0.5, 0.6) is 57.5 Å². The van der Waals surface area contributed by atoms with Crippen LogP contribution in [0.2, 0.25) is 0 Å². The minimum atomic E-state index is -0.623. The highest BCUT2D eigenvalue weighted by Crippen LogP contribution is 2.65. The summed E-state index contributed by atoms with van der Waals surface area (Å²) >= 11 is 0. The summed E-state index contributed by atoms with van der Waals surface area (Å²) in [6.07, 6.45) is 0. The molecule has 2 aliphatic carbocycles. The van der Waals surface area contributed by atoms with Crippen LogP contribution in [0.25, 0.3) is 0 Å².